The molecular formula is C11H16N2. The highest BCUT2D eigenvalue weighted by atomic mass is 14.9. The first-order valence-corrected chi connectivity index (χ1v) is 4.82. The monoisotopic (exact) mass is 176 g/mol. The SMILES string of the molecule is Cc1cccc2c1C(CN)CNC2. The molecule has 1 aliphatic heterocycles. The molecule has 0 amide bonds. The van der Waals surface area contributed by atoms with Crippen molar-refractivity contribution < 1.29 is 0 Å². The Balaban J connectivity index is 2.47. The van der Waals surface area contributed by atoms with Crippen LogP contribution in [-0.2, 0) is 6.54 Å². The molecule has 0 fully saturated rings. The summed E-state index contributed by atoms with van der Waals surface area (Å²) in [6.45, 7) is 4.93. The Morgan fingerprint density at radius 3 is 3.15 bits per heavy atom. The van der Waals surface area contributed by atoms with Crippen LogP contribution >= 0.6 is 0 Å². The fraction of sp³-hybridized carbons (Fsp3) is 0.455. The molecule has 0 bridgehead atoms. The molecule has 1 heterocycles. The third-order valence-corrected chi connectivity index (χ3v) is 2.81. The van der Waals surface area contributed by atoms with E-state index < -0.39 is 0 Å². The third-order valence-electron chi connectivity index (χ3n) is 2.81. The molecular weight excluding hydrogens is 160 g/mol. The van der Waals surface area contributed by atoms with E-state index in [1.54, 1.807) is 0 Å². The lowest BCUT2D eigenvalue weighted by molar-refractivity contribution is 0.545. The van der Waals surface area contributed by atoms with Gasteiger partial charge in [-0.3, -0.25) is 0 Å². The molecule has 2 rings (SSSR count). The minimum Gasteiger partial charge on any atom is -0.330 e. The Morgan fingerprint density at radius 2 is 2.38 bits per heavy atom. The Hall–Kier alpha value is -0.860. The van der Waals surface area contributed by atoms with Crippen molar-refractivity contribution in [3.8, 4) is 0 Å². The molecule has 1 unspecified atom stereocenters. The van der Waals surface area contributed by atoms with E-state index in [0.29, 0.717) is 5.92 Å². The van der Waals surface area contributed by atoms with Crippen molar-refractivity contribution >= 4 is 0 Å². The maximum absolute atomic E-state index is 5.75. The summed E-state index contributed by atoms with van der Waals surface area (Å²) in [5.74, 6) is 0.505. The topological polar surface area (TPSA) is 38.0 Å². The van der Waals surface area contributed by atoms with Crippen LogP contribution in [0.15, 0.2) is 18.2 Å². The highest BCUT2D eigenvalue weighted by Gasteiger charge is 2.19. The normalized spacial score (nSPS) is 21.2. The first-order chi connectivity index (χ1) is 6.33. The molecule has 0 radical (unpaired) electrons. The summed E-state index contributed by atoms with van der Waals surface area (Å²) in [6, 6.07) is 6.48. The van der Waals surface area contributed by atoms with Gasteiger partial charge in [0.05, 0.1) is 0 Å². The van der Waals surface area contributed by atoms with Crippen LogP contribution in [0.1, 0.15) is 22.6 Å². The van der Waals surface area contributed by atoms with E-state index >= 15 is 0 Å². The Kier molecular flexibility index (Phi) is 2.34. The van der Waals surface area contributed by atoms with Crippen molar-refractivity contribution in [3.05, 3.63) is 34.9 Å². The molecule has 1 aromatic rings. The number of nitrogens with two attached hydrogens (primary N) is 1. The maximum Gasteiger partial charge on any atom is 0.0208 e. The van der Waals surface area contributed by atoms with E-state index in [-0.39, 0.29) is 0 Å². The molecule has 0 aromatic heterocycles. The number of fused-ring (bicyclic) bond motifs is 1. The lowest BCUT2D eigenvalue weighted by atomic mass is 9.87. The van der Waals surface area contributed by atoms with E-state index in [1.807, 2.05) is 0 Å². The summed E-state index contributed by atoms with van der Waals surface area (Å²) in [7, 11) is 0. The number of benzene rings is 1. The lowest BCUT2D eigenvalue weighted by Gasteiger charge is -2.27. The molecule has 70 valence electrons. The number of hydrogen-bond donors (Lipinski definition) is 2. The van der Waals surface area contributed by atoms with Gasteiger partial charge in [-0.25, -0.2) is 0 Å². The summed E-state index contributed by atoms with van der Waals surface area (Å²) in [4.78, 5) is 0. The Labute approximate surface area is 79.1 Å². The zero-order chi connectivity index (χ0) is 9.26. The summed E-state index contributed by atoms with van der Waals surface area (Å²) in [5.41, 5.74) is 10.0. The molecule has 3 N–H and O–H groups in total. The van der Waals surface area contributed by atoms with Crippen LogP contribution in [0.2, 0.25) is 0 Å². The Morgan fingerprint density at radius 1 is 1.54 bits per heavy atom. The van der Waals surface area contributed by atoms with Gasteiger partial charge in [-0.15, -0.1) is 0 Å². The summed E-state index contributed by atoms with van der Waals surface area (Å²) < 4.78 is 0. The van der Waals surface area contributed by atoms with Crippen molar-refractivity contribution in [1.82, 2.24) is 5.32 Å². The van der Waals surface area contributed by atoms with Crippen LogP contribution in [-0.4, -0.2) is 13.1 Å². The summed E-state index contributed by atoms with van der Waals surface area (Å²) in [6.07, 6.45) is 0. The van der Waals surface area contributed by atoms with Gasteiger partial charge in [0.1, 0.15) is 0 Å². The average Bonchev–Trinajstić information content (AvgIpc) is 2.17. The van der Waals surface area contributed by atoms with Crippen LogP contribution in [0, 0.1) is 6.92 Å². The second kappa shape index (κ2) is 3.48. The zero-order valence-corrected chi connectivity index (χ0v) is 8.01. The molecule has 1 atom stereocenters. The first-order valence-electron chi connectivity index (χ1n) is 4.82. The zero-order valence-electron chi connectivity index (χ0n) is 8.01. The van der Waals surface area contributed by atoms with E-state index in [0.717, 1.165) is 19.6 Å². The molecule has 2 nitrogen and oxygen atoms in total. The predicted molar refractivity (Wildman–Crippen MR) is 54.7 cm³/mol. The standard InChI is InChI=1S/C11H16N2/c1-8-3-2-4-9-6-13-7-10(5-12)11(8)9/h2-4,10,13H,5-7,12H2,1H3. The van der Waals surface area contributed by atoms with Crippen LogP contribution in [0.25, 0.3) is 0 Å². The second-order valence-corrected chi connectivity index (χ2v) is 3.71. The van der Waals surface area contributed by atoms with Crippen molar-refractivity contribution in [3.63, 3.8) is 0 Å². The molecule has 2 heteroatoms. The van der Waals surface area contributed by atoms with Gasteiger partial charge in [-0.2, -0.15) is 0 Å². The van der Waals surface area contributed by atoms with Gasteiger partial charge in [0.15, 0.2) is 0 Å². The van der Waals surface area contributed by atoms with Crippen molar-refractivity contribution in [2.24, 2.45) is 5.73 Å². The quantitative estimate of drug-likeness (QED) is 0.673. The van der Waals surface area contributed by atoms with Crippen LogP contribution < -0.4 is 11.1 Å². The number of hydrogen-bond acceptors (Lipinski definition) is 2. The lowest BCUT2D eigenvalue weighted by Crippen LogP contribution is -2.32. The van der Waals surface area contributed by atoms with Gasteiger partial charge < -0.3 is 11.1 Å². The number of rotatable bonds is 1. The largest absolute Gasteiger partial charge is 0.330 e. The molecule has 1 aliphatic rings. The molecule has 0 saturated carbocycles. The first kappa shape index (κ1) is 8.73. The van der Waals surface area contributed by atoms with Crippen LogP contribution in [0.4, 0.5) is 0 Å². The smallest absolute Gasteiger partial charge is 0.0208 e. The average molecular weight is 176 g/mol. The van der Waals surface area contributed by atoms with Crippen molar-refractivity contribution in [2.75, 3.05) is 13.1 Å². The second-order valence-electron chi connectivity index (χ2n) is 3.71. The van der Waals surface area contributed by atoms with Gasteiger partial charge >= 0.3 is 0 Å². The highest BCUT2D eigenvalue weighted by Crippen LogP contribution is 2.26. The van der Waals surface area contributed by atoms with E-state index in [9.17, 15) is 0 Å². The summed E-state index contributed by atoms with van der Waals surface area (Å²) in [5, 5.41) is 3.39. The number of nitrogens with one attached hydrogen (secondary N) is 1. The van der Waals surface area contributed by atoms with E-state index in [4.69, 9.17) is 5.73 Å². The van der Waals surface area contributed by atoms with Gasteiger partial charge in [-0.05, 0) is 23.6 Å². The minimum atomic E-state index is 0.505. The van der Waals surface area contributed by atoms with E-state index in [1.165, 1.54) is 16.7 Å². The molecule has 13 heavy (non-hydrogen) atoms. The van der Waals surface area contributed by atoms with Crippen LogP contribution in [0.5, 0.6) is 0 Å². The maximum atomic E-state index is 5.75. The van der Waals surface area contributed by atoms with Gasteiger partial charge in [-0.1, -0.05) is 18.2 Å². The highest BCUT2D eigenvalue weighted by molar-refractivity contribution is 5.39. The molecule has 0 aliphatic carbocycles. The predicted octanol–water partition coefficient (Wildman–Crippen LogP) is 1.14. The third kappa shape index (κ3) is 1.47. The number of aryl methyl sites for hydroxylation is 1. The van der Waals surface area contributed by atoms with Gasteiger partial charge in [0, 0.05) is 25.6 Å². The van der Waals surface area contributed by atoms with Crippen molar-refractivity contribution in [1.29, 1.82) is 0 Å². The Bertz CT molecular complexity index is 307. The molecule has 0 saturated heterocycles. The fourth-order valence-corrected chi connectivity index (χ4v) is 2.16. The van der Waals surface area contributed by atoms with Gasteiger partial charge in [0.2, 0.25) is 0 Å². The summed E-state index contributed by atoms with van der Waals surface area (Å²) >= 11 is 0. The molecule has 0 spiro atoms. The van der Waals surface area contributed by atoms with Crippen molar-refractivity contribution in [2.45, 2.75) is 19.4 Å². The van der Waals surface area contributed by atoms with Gasteiger partial charge in [0.25, 0.3) is 0 Å². The minimum absolute atomic E-state index is 0.505. The van der Waals surface area contributed by atoms with E-state index in [2.05, 4.69) is 30.4 Å². The fourth-order valence-electron chi connectivity index (χ4n) is 2.16. The molecule has 1 aromatic carbocycles. The van der Waals surface area contributed by atoms with Crippen LogP contribution in [0.3, 0.4) is 0 Å².